The Morgan fingerprint density at radius 1 is 1.20 bits per heavy atom. The summed E-state index contributed by atoms with van der Waals surface area (Å²) in [5.41, 5.74) is 5.80. The molecule has 0 spiro atoms. The molecule has 1 fully saturated rings. The van der Waals surface area contributed by atoms with Crippen LogP contribution in [0.3, 0.4) is 0 Å². The second-order valence-corrected chi connectivity index (χ2v) is 5.98. The summed E-state index contributed by atoms with van der Waals surface area (Å²) in [5, 5.41) is 2.98. The van der Waals surface area contributed by atoms with E-state index >= 15 is 0 Å². The molecule has 0 aromatic carbocycles. The van der Waals surface area contributed by atoms with Crippen molar-refractivity contribution in [3.63, 3.8) is 0 Å². The highest BCUT2D eigenvalue weighted by atomic mass is 16.2. The topological polar surface area (TPSA) is 61.6 Å². The number of likely N-dealkylation sites (N-methyl/N-ethyl adjacent to an activating group) is 1. The van der Waals surface area contributed by atoms with Crippen LogP contribution in [0.5, 0.6) is 0 Å². The van der Waals surface area contributed by atoms with Crippen molar-refractivity contribution in [2.75, 3.05) is 45.8 Å². The van der Waals surface area contributed by atoms with E-state index in [1.54, 1.807) is 0 Å². The predicted octanol–water partition coefficient (Wildman–Crippen LogP) is 0.504. The maximum Gasteiger partial charge on any atom is 0.236 e. The number of piperazine rings is 1. The van der Waals surface area contributed by atoms with Crippen LogP contribution >= 0.6 is 0 Å². The Hall–Kier alpha value is -0.650. The van der Waals surface area contributed by atoms with Crippen molar-refractivity contribution in [2.45, 2.75) is 39.7 Å². The number of carbonyl (C=O) groups is 1. The van der Waals surface area contributed by atoms with E-state index in [9.17, 15) is 4.79 Å². The van der Waals surface area contributed by atoms with Gasteiger partial charge in [0.2, 0.25) is 5.91 Å². The van der Waals surface area contributed by atoms with Crippen LogP contribution in [-0.2, 0) is 4.79 Å². The van der Waals surface area contributed by atoms with Crippen molar-refractivity contribution in [1.29, 1.82) is 0 Å². The van der Waals surface area contributed by atoms with E-state index in [4.69, 9.17) is 5.73 Å². The average molecular weight is 284 g/mol. The second-order valence-electron chi connectivity index (χ2n) is 5.98. The summed E-state index contributed by atoms with van der Waals surface area (Å²) < 4.78 is 0. The van der Waals surface area contributed by atoms with E-state index in [1.165, 1.54) is 0 Å². The summed E-state index contributed by atoms with van der Waals surface area (Å²) in [5.74, 6) is 0.468. The van der Waals surface area contributed by atoms with Gasteiger partial charge in [-0.1, -0.05) is 27.2 Å². The van der Waals surface area contributed by atoms with Crippen LogP contribution in [0, 0.1) is 5.92 Å². The quantitative estimate of drug-likeness (QED) is 0.681. The Balaban J connectivity index is 2.17. The molecular weight excluding hydrogens is 252 g/mol. The number of nitrogens with one attached hydrogen (secondary N) is 1. The maximum absolute atomic E-state index is 11.8. The summed E-state index contributed by atoms with van der Waals surface area (Å²) in [6.45, 7) is 14.0. The molecule has 1 heterocycles. The zero-order valence-corrected chi connectivity index (χ0v) is 13.4. The van der Waals surface area contributed by atoms with Crippen molar-refractivity contribution in [1.82, 2.24) is 15.1 Å². The zero-order chi connectivity index (χ0) is 15.0. The number of nitrogens with two attached hydrogens (primary N) is 1. The van der Waals surface area contributed by atoms with Gasteiger partial charge in [0.05, 0.1) is 6.04 Å². The third-order valence-electron chi connectivity index (χ3n) is 4.04. The number of hydrogen-bond donors (Lipinski definition) is 2. The van der Waals surface area contributed by atoms with Gasteiger partial charge in [-0.15, -0.1) is 0 Å². The normalized spacial score (nSPS) is 20.6. The minimum atomic E-state index is -0.347. The largest absolute Gasteiger partial charge is 0.354 e. The first-order valence-electron chi connectivity index (χ1n) is 8.04. The predicted molar refractivity (Wildman–Crippen MR) is 83.6 cm³/mol. The highest BCUT2D eigenvalue weighted by Crippen LogP contribution is 2.05. The molecule has 2 unspecified atom stereocenters. The van der Waals surface area contributed by atoms with Gasteiger partial charge in [0, 0.05) is 39.3 Å². The number of nitrogens with zero attached hydrogens (tertiary/aromatic N) is 2. The molecule has 0 aromatic heterocycles. The molecule has 5 heteroatoms. The first-order valence-corrected chi connectivity index (χ1v) is 8.04. The van der Waals surface area contributed by atoms with Gasteiger partial charge in [0.15, 0.2) is 0 Å². The fourth-order valence-electron chi connectivity index (χ4n) is 2.64. The van der Waals surface area contributed by atoms with Crippen LogP contribution in [0.2, 0.25) is 0 Å². The lowest BCUT2D eigenvalue weighted by Gasteiger charge is -2.35. The van der Waals surface area contributed by atoms with Crippen LogP contribution < -0.4 is 11.1 Å². The number of hydrogen-bond acceptors (Lipinski definition) is 4. The smallest absolute Gasteiger partial charge is 0.236 e. The Bertz CT molecular complexity index is 277. The highest BCUT2D eigenvalue weighted by Gasteiger charge is 2.18. The summed E-state index contributed by atoms with van der Waals surface area (Å²) in [7, 11) is 0. The third-order valence-corrected chi connectivity index (χ3v) is 4.04. The van der Waals surface area contributed by atoms with Gasteiger partial charge in [-0.05, 0) is 18.9 Å². The second kappa shape index (κ2) is 9.32. The van der Waals surface area contributed by atoms with Crippen LogP contribution in [0.15, 0.2) is 0 Å². The first-order chi connectivity index (χ1) is 9.56. The van der Waals surface area contributed by atoms with Gasteiger partial charge in [-0.25, -0.2) is 0 Å². The minimum Gasteiger partial charge on any atom is -0.354 e. The van der Waals surface area contributed by atoms with Gasteiger partial charge < -0.3 is 20.9 Å². The van der Waals surface area contributed by atoms with E-state index in [0.717, 1.165) is 58.7 Å². The summed E-state index contributed by atoms with van der Waals surface area (Å²) in [4.78, 5) is 16.7. The summed E-state index contributed by atoms with van der Waals surface area (Å²) >= 11 is 0. The first kappa shape index (κ1) is 17.4. The molecule has 118 valence electrons. The number of amides is 1. The van der Waals surface area contributed by atoms with Crippen molar-refractivity contribution in [3.8, 4) is 0 Å². The molecule has 1 rings (SSSR count). The summed E-state index contributed by atoms with van der Waals surface area (Å²) in [6.07, 6.45) is 1.71. The van der Waals surface area contributed by atoms with Crippen LogP contribution in [0.4, 0.5) is 0 Å². The molecule has 0 radical (unpaired) electrons. The van der Waals surface area contributed by atoms with Crippen molar-refractivity contribution < 1.29 is 4.79 Å². The molecule has 1 amide bonds. The average Bonchev–Trinajstić information content (AvgIpc) is 2.45. The van der Waals surface area contributed by atoms with Gasteiger partial charge in [-0.2, -0.15) is 0 Å². The van der Waals surface area contributed by atoms with Crippen molar-refractivity contribution >= 4 is 5.91 Å². The zero-order valence-electron chi connectivity index (χ0n) is 13.4. The monoisotopic (exact) mass is 284 g/mol. The molecule has 20 heavy (non-hydrogen) atoms. The van der Waals surface area contributed by atoms with Gasteiger partial charge in [0.25, 0.3) is 0 Å². The van der Waals surface area contributed by atoms with E-state index in [2.05, 4.69) is 29.0 Å². The Labute approximate surface area is 123 Å². The maximum atomic E-state index is 11.8. The number of carbonyl (C=O) groups excluding carboxylic acids is 1. The Morgan fingerprint density at radius 3 is 2.35 bits per heavy atom. The lowest BCUT2D eigenvalue weighted by atomic mass is 10.1. The molecule has 1 aliphatic rings. The number of rotatable bonds is 8. The standard InChI is InChI=1S/C15H32N4O/c1-4-6-14(16)15(20)17-11-13(3)12-19-9-7-18(5-2)8-10-19/h13-14H,4-12,16H2,1-3H3,(H,17,20). The van der Waals surface area contributed by atoms with E-state index in [0.29, 0.717) is 5.92 Å². The molecule has 0 aliphatic carbocycles. The molecule has 0 saturated carbocycles. The van der Waals surface area contributed by atoms with Gasteiger partial charge in [0.1, 0.15) is 0 Å². The minimum absolute atomic E-state index is 0.00509. The lowest BCUT2D eigenvalue weighted by molar-refractivity contribution is -0.122. The van der Waals surface area contributed by atoms with Gasteiger partial charge in [-0.3, -0.25) is 4.79 Å². The van der Waals surface area contributed by atoms with E-state index in [1.807, 2.05) is 6.92 Å². The fourth-order valence-corrected chi connectivity index (χ4v) is 2.64. The fraction of sp³-hybridized carbons (Fsp3) is 0.933. The van der Waals surface area contributed by atoms with Crippen LogP contribution in [0.1, 0.15) is 33.6 Å². The lowest BCUT2D eigenvalue weighted by Crippen LogP contribution is -2.48. The molecule has 2 atom stereocenters. The van der Waals surface area contributed by atoms with Crippen molar-refractivity contribution in [2.24, 2.45) is 11.7 Å². The molecule has 0 aromatic rings. The molecule has 1 saturated heterocycles. The summed E-state index contributed by atoms with van der Waals surface area (Å²) in [6, 6.07) is -0.347. The Kier molecular flexibility index (Phi) is 8.11. The van der Waals surface area contributed by atoms with Crippen molar-refractivity contribution in [3.05, 3.63) is 0 Å². The van der Waals surface area contributed by atoms with E-state index in [-0.39, 0.29) is 11.9 Å². The molecule has 5 nitrogen and oxygen atoms in total. The third kappa shape index (κ3) is 6.20. The highest BCUT2D eigenvalue weighted by molar-refractivity contribution is 5.81. The molecule has 0 bridgehead atoms. The Morgan fingerprint density at radius 2 is 1.80 bits per heavy atom. The van der Waals surface area contributed by atoms with Crippen LogP contribution in [0.25, 0.3) is 0 Å². The van der Waals surface area contributed by atoms with Crippen LogP contribution in [-0.4, -0.2) is 67.6 Å². The SMILES string of the molecule is CCCC(N)C(=O)NCC(C)CN1CCN(CC)CC1. The molecule has 3 N–H and O–H groups in total. The van der Waals surface area contributed by atoms with Gasteiger partial charge >= 0.3 is 0 Å². The molecule has 1 aliphatic heterocycles. The molecular formula is C15H32N4O. The van der Waals surface area contributed by atoms with E-state index < -0.39 is 0 Å².